The van der Waals surface area contributed by atoms with Gasteiger partial charge in [0.25, 0.3) is 0 Å². The van der Waals surface area contributed by atoms with Crippen LogP contribution in [-0.4, -0.2) is 4.37 Å². The lowest BCUT2D eigenvalue weighted by Gasteiger charge is -1.94. The summed E-state index contributed by atoms with van der Waals surface area (Å²) >= 11 is 11.5. The first kappa shape index (κ1) is 11.1. The fourth-order valence-electron chi connectivity index (χ4n) is 1.00. The summed E-state index contributed by atoms with van der Waals surface area (Å²) in [5.41, 5.74) is 1.94. The number of hydrogen-bond acceptors (Lipinski definition) is 4. The van der Waals surface area contributed by atoms with Crippen LogP contribution in [0.15, 0.2) is 29.3 Å². The molecule has 2 nitrogen and oxygen atoms in total. The molecule has 2 aromatic rings. The Morgan fingerprint density at radius 3 is 2.53 bits per heavy atom. The van der Waals surface area contributed by atoms with E-state index in [2.05, 4.69) is 9.37 Å². The number of nitrogens with zero attached hydrogens (tertiary/aromatic N) is 2. The molecule has 0 spiro atoms. The minimum atomic E-state index is 0.464. The average molecular weight is 277 g/mol. The van der Waals surface area contributed by atoms with Crippen LogP contribution in [0.3, 0.4) is 0 Å². The van der Waals surface area contributed by atoms with Gasteiger partial charge in [-0.15, -0.1) is 11.6 Å². The molecule has 6 heteroatoms. The third kappa shape index (κ3) is 2.78. The van der Waals surface area contributed by atoms with E-state index in [0.29, 0.717) is 11.0 Å². The molecule has 78 valence electrons. The molecular weight excluding hydrogens is 271 g/mol. The lowest BCUT2D eigenvalue weighted by atomic mass is 10.2. The first-order valence-electron chi connectivity index (χ1n) is 4.11. The maximum atomic E-state index is 5.84. The van der Waals surface area contributed by atoms with Crippen molar-refractivity contribution in [3.8, 4) is 0 Å². The third-order valence-electron chi connectivity index (χ3n) is 1.73. The number of hydrogen-bond donors (Lipinski definition) is 0. The van der Waals surface area contributed by atoms with Gasteiger partial charge >= 0.3 is 0 Å². The molecule has 0 aliphatic heterocycles. The molecule has 2 rings (SSSR count). The van der Waals surface area contributed by atoms with Crippen LogP contribution in [0.25, 0.3) is 0 Å². The molecule has 0 fully saturated rings. The molecule has 0 aliphatic rings. The van der Waals surface area contributed by atoms with E-state index >= 15 is 0 Å². The molecule has 15 heavy (non-hydrogen) atoms. The Kier molecular flexibility index (Phi) is 3.75. The van der Waals surface area contributed by atoms with Crippen LogP contribution in [0.2, 0.25) is 5.15 Å². The van der Waals surface area contributed by atoms with E-state index in [4.69, 9.17) is 23.2 Å². The van der Waals surface area contributed by atoms with Gasteiger partial charge in [-0.3, -0.25) is 0 Å². The van der Waals surface area contributed by atoms with E-state index < -0.39 is 0 Å². The van der Waals surface area contributed by atoms with Gasteiger partial charge in [0.2, 0.25) is 0 Å². The van der Waals surface area contributed by atoms with Crippen molar-refractivity contribution < 1.29 is 0 Å². The molecule has 0 unspecified atom stereocenters. The number of benzene rings is 1. The molecule has 0 N–H and O–H groups in total. The summed E-state index contributed by atoms with van der Waals surface area (Å²) in [6.45, 7) is 0. The number of alkyl halides is 1. The number of aromatic nitrogens is 1. The monoisotopic (exact) mass is 276 g/mol. The minimum absolute atomic E-state index is 0.464. The van der Waals surface area contributed by atoms with E-state index in [1.165, 1.54) is 20.9 Å². The maximum Gasteiger partial charge on any atom is 0.179 e. The smallest absolute Gasteiger partial charge is 0.179 e. The second-order valence-corrected chi connectivity index (χ2v) is 5.21. The number of halogens is 2. The number of rotatable bonds is 2. The van der Waals surface area contributed by atoms with E-state index in [1.54, 1.807) is 0 Å². The zero-order valence-electron chi connectivity index (χ0n) is 7.48. The molecule has 1 heterocycles. The molecule has 0 saturated carbocycles. The zero-order valence-corrected chi connectivity index (χ0v) is 10.6. The van der Waals surface area contributed by atoms with Crippen molar-refractivity contribution in [3.63, 3.8) is 0 Å². The molecular formula is C9H6Cl2N2S2. The minimum Gasteiger partial charge on any atom is -0.234 e. The lowest BCUT2D eigenvalue weighted by Crippen LogP contribution is -1.92. The second kappa shape index (κ2) is 5.07. The fraction of sp³-hybridized carbons (Fsp3) is 0.111. The highest BCUT2D eigenvalue weighted by Gasteiger charge is 1.97. The van der Waals surface area contributed by atoms with Crippen LogP contribution in [0, 0.1) is 0 Å². The van der Waals surface area contributed by atoms with Crippen LogP contribution in [0.1, 0.15) is 5.56 Å². The maximum absolute atomic E-state index is 5.84. The van der Waals surface area contributed by atoms with Gasteiger partial charge in [0.15, 0.2) is 9.82 Å². The fourth-order valence-corrected chi connectivity index (χ4v) is 3.17. The highest BCUT2D eigenvalue weighted by molar-refractivity contribution is 7.66. The first-order chi connectivity index (χ1) is 7.29. The van der Waals surface area contributed by atoms with Crippen LogP contribution in [0.5, 0.6) is 0 Å². The normalized spacial score (nSPS) is 12.0. The van der Waals surface area contributed by atoms with Gasteiger partial charge in [-0.05, 0) is 28.0 Å². The Labute approximate surface area is 104 Å². The van der Waals surface area contributed by atoms with E-state index in [-0.39, 0.29) is 0 Å². The predicted molar refractivity (Wildman–Crippen MR) is 66.2 cm³/mol. The van der Waals surface area contributed by atoms with Crippen molar-refractivity contribution in [2.75, 3.05) is 0 Å². The van der Waals surface area contributed by atoms with Crippen molar-refractivity contribution in [2.45, 2.75) is 5.88 Å². The standard InChI is InChI=1S/C9H6Cl2N2S2/c10-5-6-1-3-7(4-2-6)12-9-8(11)13-15-14-9/h1-4H,5H2. The summed E-state index contributed by atoms with van der Waals surface area (Å²) in [6, 6.07) is 7.73. The molecule has 0 atom stereocenters. The zero-order chi connectivity index (χ0) is 10.7. The van der Waals surface area contributed by atoms with Gasteiger partial charge < -0.3 is 0 Å². The lowest BCUT2D eigenvalue weighted by molar-refractivity contribution is 1.34. The highest BCUT2D eigenvalue weighted by Crippen LogP contribution is 2.15. The average Bonchev–Trinajstić information content (AvgIpc) is 2.66. The Balaban J connectivity index is 2.36. The summed E-state index contributed by atoms with van der Waals surface area (Å²) in [5, 5.41) is 0.464. The van der Waals surface area contributed by atoms with Crippen molar-refractivity contribution in [1.29, 1.82) is 0 Å². The van der Waals surface area contributed by atoms with Crippen molar-refractivity contribution in [1.82, 2.24) is 4.37 Å². The van der Waals surface area contributed by atoms with Crippen LogP contribution < -0.4 is 4.67 Å². The Morgan fingerprint density at radius 1 is 1.27 bits per heavy atom. The van der Waals surface area contributed by atoms with Crippen molar-refractivity contribution in [3.05, 3.63) is 39.7 Å². The summed E-state index contributed by atoms with van der Waals surface area (Å²) < 4.78 is 4.71. The topological polar surface area (TPSA) is 25.2 Å². The van der Waals surface area contributed by atoms with Gasteiger partial charge in [-0.2, -0.15) is 4.37 Å². The first-order valence-corrected chi connectivity index (χ1v) is 7.12. The second-order valence-electron chi connectivity index (χ2n) is 2.76. The van der Waals surface area contributed by atoms with Crippen molar-refractivity contribution in [2.24, 2.45) is 4.99 Å². The largest absolute Gasteiger partial charge is 0.234 e. The molecule has 0 saturated heterocycles. The van der Waals surface area contributed by atoms with E-state index in [1.807, 2.05) is 24.3 Å². The van der Waals surface area contributed by atoms with Gasteiger partial charge in [-0.1, -0.05) is 23.7 Å². The highest BCUT2D eigenvalue weighted by atomic mass is 35.5. The Bertz CT molecular complexity index is 501. The van der Waals surface area contributed by atoms with Gasteiger partial charge in [0.1, 0.15) is 0 Å². The summed E-state index contributed by atoms with van der Waals surface area (Å²) in [5.74, 6) is 0.518. The van der Waals surface area contributed by atoms with Crippen LogP contribution in [0.4, 0.5) is 5.69 Å². The molecule has 0 aliphatic carbocycles. The molecule has 1 aromatic heterocycles. The van der Waals surface area contributed by atoms with Gasteiger partial charge in [-0.25, -0.2) is 4.99 Å². The SMILES string of the molecule is ClCc1ccc(N=c2ssnc2Cl)cc1. The quantitative estimate of drug-likeness (QED) is 0.605. The van der Waals surface area contributed by atoms with Gasteiger partial charge in [0, 0.05) is 16.4 Å². The summed E-state index contributed by atoms with van der Waals surface area (Å²) in [7, 11) is 2.80. The summed E-state index contributed by atoms with van der Waals surface area (Å²) in [4.78, 5) is 4.37. The molecule has 0 amide bonds. The molecule has 1 aromatic carbocycles. The summed E-state index contributed by atoms with van der Waals surface area (Å²) in [6.07, 6.45) is 0. The van der Waals surface area contributed by atoms with Gasteiger partial charge in [0.05, 0.1) is 5.69 Å². The molecule has 0 bridgehead atoms. The van der Waals surface area contributed by atoms with E-state index in [0.717, 1.165) is 15.9 Å². The van der Waals surface area contributed by atoms with Crippen molar-refractivity contribution >= 4 is 49.8 Å². The Morgan fingerprint density at radius 2 is 2.00 bits per heavy atom. The van der Waals surface area contributed by atoms with E-state index in [9.17, 15) is 0 Å². The predicted octanol–water partition coefficient (Wildman–Crippen LogP) is 3.83. The molecule has 0 radical (unpaired) electrons. The van der Waals surface area contributed by atoms with Crippen LogP contribution >= 0.6 is 44.1 Å². The Hall–Kier alpha value is -0.420. The third-order valence-corrected chi connectivity index (χ3v) is 4.21. The van der Waals surface area contributed by atoms with Crippen LogP contribution in [-0.2, 0) is 5.88 Å².